The molecule has 194 valence electrons. The number of rotatable bonds is 9. The van der Waals surface area contributed by atoms with Crippen molar-refractivity contribution < 1.29 is 27.8 Å². The van der Waals surface area contributed by atoms with Gasteiger partial charge in [-0.15, -0.1) is 0 Å². The number of ether oxygens (including phenoxy) is 2. The summed E-state index contributed by atoms with van der Waals surface area (Å²) < 4.78 is 36.9. The molecule has 0 spiro atoms. The summed E-state index contributed by atoms with van der Waals surface area (Å²) in [6, 6.07) is 13.2. The van der Waals surface area contributed by atoms with Gasteiger partial charge in [-0.3, -0.25) is 9.69 Å². The average Bonchev–Trinajstić information content (AvgIpc) is 3.14. The molecule has 2 aromatic rings. The van der Waals surface area contributed by atoms with E-state index in [0.717, 1.165) is 35.9 Å². The van der Waals surface area contributed by atoms with Crippen LogP contribution in [0.2, 0.25) is 0 Å². The molecule has 1 amide bonds. The van der Waals surface area contributed by atoms with Crippen molar-refractivity contribution in [3.63, 3.8) is 0 Å². The third-order valence-corrected chi connectivity index (χ3v) is 8.49. The molecule has 10 heteroatoms. The van der Waals surface area contributed by atoms with Gasteiger partial charge in [0.25, 0.3) is 5.91 Å². The summed E-state index contributed by atoms with van der Waals surface area (Å²) in [5, 5.41) is 11.0. The van der Waals surface area contributed by atoms with Crippen LogP contribution in [0.4, 0.5) is 0 Å². The van der Waals surface area contributed by atoms with Crippen molar-refractivity contribution in [1.29, 1.82) is 0 Å². The van der Waals surface area contributed by atoms with E-state index in [9.17, 15) is 18.3 Å². The average molecular weight is 516 g/mol. The van der Waals surface area contributed by atoms with Gasteiger partial charge in [0.2, 0.25) is 10.0 Å². The van der Waals surface area contributed by atoms with E-state index in [4.69, 9.17) is 9.47 Å². The highest BCUT2D eigenvalue weighted by molar-refractivity contribution is 7.89. The Morgan fingerprint density at radius 2 is 1.67 bits per heavy atom. The molecule has 1 saturated heterocycles. The number of carbonyl (C=O) groups is 1. The Morgan fingerprint density at radius 1 is 1.03 bits per heavy atom. The highest BCUT2D eigenvalue weighted by Crippen LogP contribution is 2.43. The predicted molar refractivity (Wildman–Crippen MR) is 136 cm³/mol. The highest BCUT2D eigenvalue weighted by atomic mass is 32.2. The van der Waals surface area contributed by atoms with Gasteiger partial charge < -0.3 is 19.5 Å². The number of methoxy groups -OCH3 is 1. The molecule has 1 N–H and O–H groups in total. The predicted octanol–water partition coefficient (Wildman–Crippen LogP) is 2.52. The maximum atomic E-state index is 13.3. The van der Waals surface area contributed by atoms with Crippen LogP contribution in [-0.4, -0.2) is 94.1 Å². The van der Waals surface area contributed by atoms with Crippen LogP contribution in [0.3, 0.4) is 0 Å². The number of hydrogen-bond acceptors (Lipinski definition) is 7. The third-order valence-electron chi connectivity index (χ3n) is 6.66. The van der Waals surface area contributed by atoms with Gasteiger partial charge in [-0.1, -0.05) is 24.3 Å². The SMILES string of the molecule is COc1ccc(C2C(c3ccc(S(=O)(=O)N(C)C)cc3)=C(O)C(=O)N2CCCN2CCOCC2)cc1. The molecule has 36 heavy (non-hydrogen) atoms. The van der Waals surface area contributed by atoms with E-state index in [1.807, 2.05) is 24.3 Å². The second kappa shape index (κ2) is 11.0. The molecule has 0 aliphatic carbocycles. The number of aliphatic hydroxyl groups excluding tert-OH is 1. The molecule has 0 radical (unpaired) electrons. The molecule has 4 rings (SSSR count). The standard InChI is InChI=1S/C26H33N3O6S/c1-27(2)36(32,33)22-11-7-19(8-12-22)23-24(20-5-9-21(34-3)10-6-20)29(26(31)25(23)30)14-4-13-28-15-17-35-18-16-28/h5-12,24,30H,4,13-18H2,1-3H3. The maximum absolute atomic E-state index is 13.3. The summed E-state index contributed by atoms with van der Waals surface area (Å²) in [4.78, 5) is 17.4. The minimum atomic E-state index is -3.60. The fourth-order valence-corrected chi connectivity index (χ4v) is 5.52. The Hall–Kier alpha value is -2.92. The van der Waals surface area contributed by atoms with E-state index in [1.54, 1.807) is 24.1 Å². The molecular formula is C26H33N3O6S. The summed E-state index contributed by atoms with van der Waals surface area (Å²) >= 11 is 0. The lowest BCUT2D eigenvalue weighted by molar-refractivity contribution is -0.129. The summed E-state index contributed by atoms with van der Waals surface area (Å²) in [5.74, 6) is -0.0573. The van der Waals surface area contributed by atoms with Gasteiger partial charge in [-0.05, 0) is 41.8 Å². The van der Waals surface area contributed by atoms with Crippen LogP contribution >= 0.6 is 0 Å². The number of sulfonamides is 1. The van der Waals surface area contributed by atoms with Crippen molar-refractivity contribution in [2.75, 3.05) is 60.6 Å². The Bertz CT molecular complexity index is 1200. The Morgan fingerprint density at radius 3 is 2.25 bits per heavy atom. The molecule has 2 aromatic carbocycles. The summed E-state index contributed by atoms with van der Waals surface area (Å²) in [6.45, 7) is 4.45. The molecule has 2 aliphatic heterocycles. The van der Waals surface area contributed by atoms with E-state index < -0.39 is 22.0 Å². The van der Waals surface area contributed by atoms with Crippen LogP contribution in [0, 0.1) is 0 Å². The summed E-state index contributed by atoms with van der Waals surface area (Å²) in [5.41, 5.74) is 1.89. The van der Waals surface area contributed by atoms with Crippen LogP contribution in [0.25, 0.3) is 5.57 Å². The van der Waals surface area contributed by atoms with Gasteiger partial charge in [-0.25, -0.2) is 12.7 Å². The first-order chi connectivity index (χ1) is 17.2. The Kier molecular flexibility index (Phi) is 7.99. The van der Waals surface area contributed by atoms with Gasteiger partial charge in [-0.2, -0.15) is 0 Å². The van der Waals surface area contributed by atoms with Crippen molar-refractivity contribution in [1.82, 2.24) is 14.1 Å². The van der Waals surface area contributed by atoms with Crippen LogP contribution in [0.15, 0.2) is 59.2 Å². The lowest BCUT2D eigenvalue weighted by Gasteiger charge is -2.30. The number of morpholine rings is 1. The van der Waals surface area contributed by atoms with Gasteiger partial charge in [0, 0.05) is 45.8 Å². The molecule has 0 bridgehead atoms. The van der Waals surface area contributed by atoms with E-state index in [2.05, 4.69) is 4.90 Å². The minimum Gasteiger partial charge on any atom is -0.503 e. The Labute approximate surface area is 212 Å². The molecule has 1 unspecified atom stereocenters. The summed E-state index contributed by atoms with van der Waals surface area (Å²) in [7, 11) is 0.939. The quantitative estimate of drug-likeness (QED) is 0.548. The fourth-order valence-electron chi connectivity index (χ4n) is 4.62. The summed E-state index contributed by atoms with van der Waals surface area (Å²) in [6.07, 6.45) is 0.749. The van der Waals surface area contributed by atoms with Crippen LogP contribution in [-0.2, 0) is 19.6 Å². The number of amides is 1. The molecule has 0 saturated carbocycles. The van der Waals surface area contributed by atoms with E-state index >= 15 is 0 Å². The van der Waals surface area contributed by atoms with Gasteiger partial charge >= 0.3 is 0 Å². The van der Waals surface area contributed by atoms with Crippen LogP contribution < -0.4 is 4.74 Å². The zero-order chi connectivity index (χ0) is 25.9. The van der Waals surface area contributed by atoms with Crippen molar-refractivity contribution in [3.8, 4) is 5.75 Å². The molecule has 1 atom stereocenters. The van der Waals surface area contributed by atoms with Crippen LogP contribution in [0.1, 0.15) is 23.6 Å². The first-order valence-electron chi connectivity index (χ1n) is 11.9. The number of aliphatic hydroxyl groups is 1. The zero-order valence-electron chi connectivity index (χ0n) is 20.9. The smallest absolute Gasteiger partial charge is 0.289 e. The third kappa shape index (κ3) is 5.27. The van der Waals surface area contributed by atoms with Crippen LogP contribution in [0.5, 0.6) is 5.75 Å². The first kappa shape index (κ1) is 26.2. The molecular weight excluding hydrogens is 482 g/mol. The highest BCUT2D eigenvalue weighted by Gasteiger charge is 2.40. The lowest BCUT2D eigenvalue weighted by Crippen LogP contribution is -2.39. The van der Waals surface area contributed by atoms with E-state index in [-0.39, 0.29) is 10.7 Å². The van der Waals surface area contributed by atoms with Gasteiger partial charge in [0.05, 0.1) is 31.3 Å². The largest absolute Gasteiger partial charge is 0.503 e. The maximum Gasteiger partial charge on any atom is 0.289 e. The van der Waals surface area contributed by atoms with E-state index in [0.29, 0.717) is 36.6 Å². The van der Waals surface area contributed by atoms with Crippen molar-refractivity contribution in [2.45, 2.75) is 17.4 Å². The van der Waals surface area contributed by atoms with Gasteiger partial charge in [0.15, 0.2) is 5.76 Å². The molecule has 2 aliphatic rings. The second-order valence-electron chi connectivity index (χ2n) is 9.06. The molecule has 1 fully saturated rings. The normalized spacial score (nSPS) is 19.4. The molecule has 0 aromatic heterocycles. The second-order valence-corrected chi connectivity index (χ2v) is 11.2. The fraction of sp³-hybridized carbons (Fsp3) is 0.423. The van der Waals surface area contributed by atoms with Crippen molar-refractivity contribution in [3.05, 3.63) is 65.4 Å². The van der Waals surface area contributed by atoms with Gasteiger partial charge in [0.1, 0.15) is 5.75 Å². The Balaban J connectivity index is 1.64. The van der Waals surface area contributed by atoms with Crippen molar-refractivity contribution in [2.24, 2.45) is 0 Å². The minimum absolute atomic E-state index is 0.143. The number of carbonyl (C=O) groups excluding carboxylic acids is 1. The molecule has 2 heterocycles. The number of benzene rings is 2. The van der Waals surface area contributed by atoms with E-state index in [1.165, 1.54) is 26.2 Å². The van der Waals surface area contributed by atoms with Crippen molar-refractivity contribution >= 4 is 21.5 Å². The lowest BCUT2D eigenvalue weighted by atomic mass is 9.93. The monoisotopic (exact) mass is 515 g/mol. The zero-order valence-corrected chi connectivity index (χ0v) is 21.7. The topological polar surface area (TPSA) is 99.6 Å². The molecule has 9 nitrogen and oxygen atoms in total. The first-order valence-corrected chi connectivity index (χ1v) is 13.4. The number of nitrogens with zero attached hydrogens (tertiary/aromatic N) is 3. The number of hydrogen-bond donors (Lipinski definition) is 1.